The normalized spacial score (nSPS) is 19.5. The molecule has 1 aliphatic heterocycles. The second-order valence-corrected chi connectivity index (χ2v) is 4.30. The molecule has 94 valence electrons. The Bertz CT molecular complexity index is 338. The average Bonchev–Trinajstić information content (AvgIpc) is 2.82. The maximum absolute atomic E-state index is 5.68. The lowest BCUT2D eigenvalue weighted by Gasteiger charge is -2.10. The topological polar surface area (TPSA) is 43.4 Å². The summed E-state index contributed by atoms with van der Waals surface area (Å²) < 4.78 is 10.9. The fourth-order valence-corrected chi connectivity index (χ4v) is 1.82. The zero-order chi connectivity index (χ0) is 11.9. The minimum atomic E-state index is 0.312. The van der Waals surface area contributed by atoms with Crippen molar-refractivity contribution in [2.75, 3.05) is 31.7 Å². The third-order valence-electron chi connectivity index (χ3n) is 2.76. The van der Waals surface area contributed by atoms with Crippen molar-refractivity contribution in [3.63, 3.8) is 0 Å². The van der Waals surface area contributed by atoms with E-state index in [1.54, 1.807) is 0 Å². The fraction of sp³-hybridized carbons (Fsp3) is 0.615. The minimum absolute atomic E-state index is 0.312. The molecule has 1 fully saturated rings. The maximum Gasteiger partial charge on any atom is 0.126 e. The van der Waals surface area contributed by atoms with Gasteiger partial charge in [-0.25, -0.2) is 4.98 Å². The quantitative estimate of drug-likeness (QED) is 0.767. The van der Waals surface area contributed by atoms with E-state index in [4.69, 9.17) is 9.47 Å². The molecule has 2 rings (SSSR count). The molecule has 0 spiro atoms. The van der Waals surface area contributed by atoms with Crippen molar-refractivity contribution in [3.05, 3.63) is 23.9 Å². The molecule has 17 heavy (non-hydrogen) atoms. The van der Waals surface area contributed by atoms with Crippen LogP contribution in [0.3, 0.4) is 0 Å². The Morgan fingerprint density at radius 1 is 1.53 bits per heavy atom. The lowest BCUT2D eigenvalue weighted by atomic mass is 10.3. The smallest absolute Gasteiger partial charge is 0.126 e. The third-order valence-corrected chi connectivity index (χ3v) is 2.76. The van der Waals surface area contributed by atoms with Crippen LogP contribution >= 0.6 is 0 Å². The summed E-state index contributed by atoms with van der Waals surface area (Å²) in [7, 11) is 0. The molecule has 1 aromatic heterocycles. The van der Waals surface area contributed by atoms with E-state index < -0.39 is 0 Å². The number of pyridine rings is 1. The standard InChI is InChI=1S/C13H20N2O2/c1-11-4-2-5-13(15-11)14-7-3-8-17-12-6-9-16-10-12/h2,4-5,12H,3,6-10H2,1H3,(H,14,15). The first-order valence-electron chi connectivity index (χ1n) is 6.21. The Morgan fingerprint density at radius 3 is 3.24 bits per heavy atom. The zero-order valence-corrected chi connectivity index (χ0v) is 10.3. The van der Waals surface area contributed by atoms with Crippen molar-refractivity contribution in [2.45, 2.75) is 25.9 Å². The molecule has 1 N–H and O–H groups in total. The van der Waals surface area contributed by atoms with E-state index in [0.717, 1.165) is 50.7 Å². The van der Waals surface area contributed by atoms with Gasteiger partial charge < -0.3 is 14.8 Å². The highest BCUT2D eigenvalue weighted by molar-refractivity contribution is 5.34. The van der Waals surface area contributed by atoms with Gasteiger partial charge in [0.1, 0.15) is 5.82 Å². The second kappa shape index (κ2) is 6.57. The molecule has 0 saturated carbocycles. The Labute approximate surface area is 102 Å². The number of aromatic nitrogens is 1. The maximum atomic E-state index is 5.68. The number of rotatable bonds is 6. The van der Waals surface area contributed by atoms with Crippen LogP contribution in [0.4, 0.5) is 5.82 Å². The summed E-state index contributed by atoms with van der Waals surface area (Å²) in [4.78, 5) is 4.38. The van der Waals surface area contributed by atoms with E-state index in [1.807, 2.05) is 25.1 Å². The van der Waals surface area contributed by atoms with E-state index in [2.05, 4.69) is 10.3 Å². The third kappa shape index (κ3) is 4.32. The summed E-state index contributed by atoms with van der Waals surface area (Å²) in [6, 6.07) is 5.99. The van der Waals surface area contributed by atoms with Gasteiger partial charge >= 0.3 is 0 Å². The van der Waals surface area contributed by atoms with Crippen LogP contribution in [0.5, 0.6) is 0 Å². The highest BCUT2D eigenvalue weighted by Crippen LogP contribution is 2.08. The molecular formula is C13H20N2O2. The molecule has 1 atom stereocenters. The summed E-state index contributed by atoms with van der Waals surface area (Å²) in [5.41, 5.74) is 1.04. The minimum Gasteiger partial charge on any atom is -0.379 e. The number of hydrogen-bond donors (Lipinski definition) is 1. The number of nitrogens with zero attached hydrogens (tertiary/aromatic N) is 1. The summed E-state index contributed by atoms with van der Waals surface area (Å²) in [5.74, 6) is 0.939. The van der Waals surface area contributed by atoms with E-state index in [0.29, 0.717) is 6.10 Å². The van der Waals surface area contributed by atoms with Crippen molar-refractivity contribution in [2.24, 2.45) is 0 Å². The second-order valence-electron chi connectivity index (χ2n) is 4.30. The SMILES string of the molecule is Cc1cccc(NCCCOC2CCOC2)n1. The molecule has 2 heterocycles. The number of nitrogens with one attached hydrogen (secondary N) is 1. The molecule has 0 bridgehead atoms. The number of hydrogen-bond acceptors (Lipinski definition) is 4. The molecule has 1 aliphatic rings. The van der Waals surface area contributed by atoms with Crippen LogP contribution in [-0.4, -0.2) is 37.5 Å². The molecule has 0 aliphatic carbocycles. The fourth-order valence-electron chi connectivity index (χ4n) is 1.82. The summed E-state index contributed by atoms with van der Waals surface area (Å²) in [6.45, 7) is 5.27. The lowest BCUT2D eigenvalue weighted by Crippen LogP contribution is -2.15. The molecule has 0 aromatic carbocycles. The summed E-state index contributed by atoms with van der Waals surface area (Å²) in [6.07, 6.45) is 2.34. The Kier molecular flexibility index (Phi) is 4.76. The monoisotopic (exact) mass is 236 g/mol. The Balaban J connectivity index is 1.56. The molecule has 1 aromatic rings. The van der Waals surface area contributed by atoms with Crippen LogP contribution in [0, 0.1) is 6.92 Å². The van der Waals surface area contributed by atoms with Gasteiger partial charge in [0.15, 0.2) is 0 Å². The van der Waals surface area contributed by atoms with Gasteiger partial charge in [-0.2, -0.15) is 0 Å². The molecule has 0 radical (unpaired) electrons. The Hall–Kier alpha value is -1.13. The van der Waals surface area contributed by atoms with Crippen LogP contribution in [0.25, 0.3) is 0 Å². The molecule has 0 amide bonds. The number of anilines is 1. The van der Waals surface area contributed by atoms with Crippen LogP contribution < -0.4 is 5.32 Å². The van der Waals surface area contributed by atoms with Gasteiger partial charge in [-0.3, -0.25) is 0 Å². The predicted octanol–water partition coefficient (Wildman–Crippen LogP) is 2.00. The highest BCUT2D eigenvalue weighted by Gasteiger charge is 2.15. The first-order valence-corrected chi connectivity index (χ1v) is 6.21. The van der Waals surface area contributed by atoms with Gasteiger partial charge in [-0.05, 0) is 31.9 Å². The van der Waals surface area contributed by atoms with Crippen molar-refractivity contribution in [1.82, 2.24) is 4.98 Å². The first kappa shape index (κ1) is 12.3. The van der Waals surface area contributed by atoms with E-state index >= 15 is 0 Å². The summed E-state index contributed by atoms with van der Waals surface area (Å²) in [5, 5.41) is 3.29. The molecule has 4 heteroatoms. The van der Waals surface area contributed by atoms with Crippen molar-refractivity contribution in [1.29, 1.82) is 0 Å². The van der Waals surface area contributed by atoms with Gasteiger partial charge in [0.05, 0.1) is 12.7 Å². The number of ether oxygens (including phenoxy) is 2. The zero-order valence-electron chi connectivity index (χ0n) is 10.3. The van der Waals surface area contributed by atoms with E-state index in [9.17, 15) is 0 Å². The first-order chi connectivity index (χ1) is 8.34. The van der Waals surface area contributed by atoms with Crippen molar-refractivity contribution in [3.8, 4) is 0 Å². The van der Waals surface area contributed by atoms with Gasteiger partial charge in [0.2, 0.25) is 0 Å². The van der Waals surface area contributed by atoms with Crippen LogP contribution in [0.15, 0.2) is 18.2 Å². The van der Waals surface area contributed by atoms with Crippen LogP contribution in [-0.2, 0) is 9.47 Å². The van der Waals surface area contributed by atoms with Crippen LogP contribution in [0.1, 0.15) is 18.5 Å². The molecule has 1 saturated heterocycles. The average molecular weight is 236 g/mol. The number of aryl methyl sites for hydroxylation is 1. The van der Waals surface area contributed by atoms with E-state index in [1.165, 1.54) is 0 Å². The van der Waals surface area contributed by atoms with Crippen molar-refractivity contribution >= 4 is 5.82 Å². The van der Waals surface area contributed by atoms with Gasteiger partial charge in [0, 0.05) is 25.5 Å². The predicted molar refractivity (Wildman–Crippen MR) is 67.3 cm³/mol. The lowest BCUT2D eigenvalue weighted by molar-refractivity contribution is 0.0427. The summed E-state index contributed by atoms with van der Waals surface area (Å²) >= 11 is 0. The van der Waals surface area contributed by atoms with Gasteiger partial charge in [0.25, 0.3) is 0 Å². The molecule has 4 nitrogen and oxygen atoms in total. The van der Waals surface area contributed by atoms with Gasteiger partial charge in [-0.15, -0.1) is 0 Å². The van der Waals surface area contributed by atoms with E-state index in [-0.39, 0.29) is 0 Å². The molecule has 1 unspecified atom stereocenters. The largest absolute Gasteiger partial charge is 0.379 e. The van der Waals surface area contributed by atoms with Crippen molar-refractivity contribution < 1.29 is 9.47 Å². The highest BCUT2D eigenvalue weighted by atomic mass is 16.5. The molecular weight excluding hydrogens is 216 g/mol. The van der Waals surface area contributed by atoms with Gasteiger partial charge in [-0.1, -0.05) is 6.07 Å². The van der Waals surface area contributed by atoms with Crippen LogP contribution in [0.2, 0.25) is 0 Å². The Morgan fingerprint density at radius 2 is 2.47 bits per heavy atom.